The summed E-state index contributed by atoms with van der Waals surface area (Å²) in [6.45, 7) is 0. The van der Waals surface area contributed by atoms with E-state index in [0.29, 0.717) is 17.5 Å². The van der Waals surface area contributed by atoms with Crippen molar-refractivity contribution in [2.24, 2.45) is 0 Å². The molecular weight excluding hydrogens is 793 g/mol. The summed E-state index contributed by atoms with van der Waals surface area (Å²) in [7, 11) is 0. The molecule has 0 spiro atoms. The molecule has 7 aromatic carbocycles. The van der Waals surface area contributed by atoms with E-state index in [1.807, 2.05) is 54.6 Å². The van der Waals surface area contributed by atoms with Crippen molar-refractivity contribution in [1.82, 2.24) is 24.1 Å². The van der Waals surface area contributed by atoms with Gasteiger partial charge in [-0.3, -0.25) is 0 Å². The predicted octanol–water partition coefficient (Wildman–Crippen LogP) is 14.4. The second-order valence-corrected chi connectivity index (χ2v) is 16.4. The zero-order chi connectivity index (χ0) is 42.7. The maximum atomic E-state index is 14.8. The number of fused-ring (bicyclic) bond motifs is 6. The van der Waals surface area contributed by atoms with E-state index < -0.39 is 12.3 Å². The van der Waals surface area contributed by atoms with Gasteiger partial charge in [-0.05, 0) is 70.8 Å². The van der Waals surface area contributed by atoms with E-state index in [0.717, 1.165) is 93.9 Å². The monoisotopic (exact) mass is 831 g/mol. The molecule has 0 bridgehead atoms. The van der Waals surface area contributed by atoms with Gasteiger partial charge < -0.3 is 9.13 Å². The molecule has 10 aromatic rings. The van der Waals surface area contributed by atoms with Gasteiger partial charge in [-0.25, -0.2) is 23.7 Å². The van der Waals surface area contributed by atoms with Gasteiger partial charge in [-0.1, -0.05) is 152 Å². The summed E-state index contributed by atoms with van der Waals surface area (Å²) in [5, 5.41) is 4.51. The Balaban J connectivity index is 1.21. The number of hydrogen-bond acceptors (Lipinski definition) is 3. The zero-order valence-electron chi connectivity index (χ0n) is 34.6. The van der Waals surface area contributed by atoms with Crippen molar-refractivity contribution in [3.8, 4) is 45.5 Å². The molecule has 3 aromatic heterocycles. The first-order chi connectivity index (χ1) is 31.6. The number of halogens is 2. The van der Waals surface area contributed by atoms with Crippen LogP contribution in [-0.4, -0.2) is 36.4 Å². The quantitative estimate of drug-likeness (QED) is 0.161. The van der Waals surface area contributed by atoms with Gasteiger partial charge in [0.05, 0.1) is 44.6 Å². The first-order valence-electron chi connectivity index (χ1n) is 21.7. The van der Waals surface area contributed by atoms with Crippen LogP contribution in [0.1, 0.15) is 24.0 Å². The Hall–Kier alpha value is -8.03. The van der Waals surface area contributed by atoms with Gasteiger partial charge >= 0.3 is 0 Å². The Morgan fingerprint density at radius 1 is 0.391 bits per heavy atom. The van der Waals surface area contributed by atoms with Gasteiger partial charge in [0.2, 0.25) is 0 Å². The number of hydrogen-bond donors (Lipinski definition) is 0. The van der Waals surface area contributed by atoms with E-state index >= 15 is 0 Å². The van der Waals surface area contributed by atoms with Crippen molar-refractivity contribution >= 4 is 54.8 Å². The fourth-order valence-corrected chi connectivity index (χ4v) is 9.67. The molecule has 0 fully saturated rings. The van der Waals surface area contributed by atoms with Crippen molar-refractivity contribution in [3.63, 3.8) is 0 Å². The van der Waals surface area contributed by atoms with Gasteiger partial charge in [0.15, 0.2) is 17.5 Å². The number of benzene rings is 7. The minimum atomic E-state index is -1.06. The van der Waals surface area contributed by atoms with E-state index in [1.165, 1.54) is 0 Å². The summed E-state index contributed by atoms with van der Waals surface area (Å²) in [4.78, 5) is 16.4. The lowest BCUT2D eigenvalue weighted by Gasteiger charge is -2.21. The normalized spacial score (nSPS) is 16.2. The number of aromatic nitrogens is 5. The molecule has 306 valence electrons. The van der Waals surface area contributed by atoms with Crippen LogP contribution < -0.4 is 0 Å². The third-order valence-corrected chi connectivity index (χ3v) is 12.6. The van der Waals surface area contributed by atoms with Crippen LogP contribution in [0.25, 0.3) is 100 Å². The second kappa shape index (κ2) is 15.4. The van der Waals surface area contributed by atoms with Gasteiger partial charge in [-0.15, -0.1) is 0 Å². The summed E-state index contributed by atoms with van der Waals surface area (Å²) >= 11 is 0. The number of para-hydroxylation sites is 4. The molecule has 2 aliphatic carbocycles. The van der Waals surface area contributed by atoms with Crippen LogP contribution in [0, 0.1) is 0 Å². The van der Waals surface area contributed by atoms with Crippen LogP contribution in [0.15, 0.2) is 200 Å². The van der Waals surface area contributed by atoms with Crippen LogP contribution >= 0.6 is 0 Å². The number of alkyl halides is 2. The van der Waals surface area contributed by atoms with E-state index in [2.05, 4.69) is 143 Å². The largest absolute Gasteiger partial charge is 0.308 e. The minimum absolute atomic E-state index is 0.264. The number of rotatable bonds is 7. The topological polar surface area (TPSA) is 48.5 Å². The fraction of sp³-hybridized carbons (Fsp3) is 0.0702. The lowest BCUT2D eigenvalue weighted by atomic mass is 9.92. The Morgan fingerprint density at radius 2 is 0.766 bits per heavy atom. The van der Waals surface area contributed by atoms with Crippen molar-refractivity contribution in [2.75, 3.05) is 0 Å². The Labute approximate surface area is 368 Å². The van der Waals surface area contributed by atoms with Crippen LogP contribution in [0.4, 0.5) is 8.78 Å². The molecule has 12 rings (SSSR count). The lowest BCUT2D eigenvalue weighted by molar-refractivity contribution is 0.402. The Bertz CT molecular complexity index is 3290. The number of nitrogens with zero attached hydrogens (tertiary/aromatic N) is 5. The fourth-order valence-electron chi connectivity index (χ4n) is 9.67. The molecule has 7 heteroatoms. The summed E-state index contributed by atoms with van der Waals surface area (Å²) in [6.07, 6.45) is 9.34. The summed E-state index contributed by atoms with van der Waals surface area (Å²) in [5.41, 5.74) is 11.9. The molecule has 0 N–H and O–H groups in total. The molecular formula is C57H39F2N5. The predicted molar refractivity (Wildman–Crippen MR) is 258 cm³/mol. The standard InChI is InChI=1S/C57H39F2N5/c58-39-32-28-36(29-33-39)41-20-12-26-51(63-47-22-8-4-16-43(47)44-17-5-9-23-48(44)63)53(41)56-60-55(38-14-2-1-3-15-38)61-57(62-56)54-42(37-30-34-40(59)35-31-37)21-13-27-52(54)64-49-24-10-6-18-45(49)46-19-7-11-25-50(46)64/h1-32,34,39-40H,33,35H2. The van der Waals surface area contributed by atoms with Crippen LogP contribution in [0.5, 0.6) is 0 Å². The first-order valence-corrected chi connectivity index (χ1v) is 21.7. The highest BCUT2D eigenvalue weighted by molar-refractivity contribution is 6.11. The van der Waals surface area contributed by atoms with E-state index in [1.54, 1.807) is 12.2 Å². The first kappa shape index (κ1) is 37.7. The van der Waals surface area contributed by atoms with Gasteiger partial charge in [-0.2, -0.15) is 0 Å². The molecule has 0 aliphatic heterocycles. The van der Waals surface area contributed by atoms with Gasteiger partial charge in [0.1, 0.15) is 12.3 Å². The summed E-state index contributed by atoms with van der Waals surface area (Å²) in [5.74, 6) is 1.43. The highest BCUT2D eigenvalue weighted by Gasteiger charge is 2.27. The molecule has 0 radical (unpaired) electrons. The average molecular weight is 832 g/mol. The van der Waals surface area contributed by atoms with Crippen LogP contribution in [-0.2, 0) is 0 Å². The van der Waals surface area contributed by atoms with E-state index in [-0.39, 0.29) is 12.8 Å². The van der Waals surface area contributed by atoms with Crippen molar-refractivity contribution in [2.45, 2.75) is 25.2 Å². The molecule has 2 unspecified atom stereocenters. The molecule has 0 saturated carbocycles. The Kier molecular flexibility index (Phi) is 9.07. The third-order valence-electron chi connectivity index (χ3n) is 12.6. The maximum absolute atomic E-state index is 14.8. The van der Waals surface area contributed by atoms with Crippen molar-refractivity contribution < 1.29 is 8.78 Å². The minimum Gasteiger partial charge on any atom is -0.308 e. The summed E-state index contributed by atoms with van der Waals surface area (Å²) < 4.78 is 34.2. The van der Waals surface area contributed by atoms with Gasteiger partial charge in [0, 0.05) is 39.9 Å². The molecule has 5 nitrogen and oxygen atoms in total. The lowest BCUT2D eigenvalue weighted by Crippen LogP contribution is -2.09. The van der Waals surface area contributed by atoms with Gasteiger partial charge in [0.25, 0.3) is 0 Å². The SMILES string of the molecule is FC1C=CC(c2cccc(-n3c4ccccc4c4ccccc43)c2-c2nc(-c3ccccc3)nc(-c3c(C4=CCC(F)C=C4)cccc3-n3c4ccccc4c4ccccc43)n2)=CC1. The molecule has 0 amide bonds. The van der Waals surface area contributed by atoms with Crippen molar-refractivity contribution in [3.05, 3.63) is 211 Å². The van der Waals surface area contributed by atoms with Crippen LogP contribution in [0.3, 0.4) is 0 Å². The third kappa shape index (κ3) is 6.22. The van der Waals surface area contributed by atoms with Crippen molar-refractivity contribution in [1.29, 1.82) is 0 Å². The molecule has 2 aliphatic rings. The molecule has 3 heterocycles. The highest BCUT2D eigenvalue weighted by atomic mass is 19.1. The van der Waals surface area contributed by atoms with E-state index in [4.69, 9.17) is 15.0 Å². The smallest absolute Gasteiger partial charge is 0.166 e. The Morgan fingerprint density at radius 3 is 1.16 bits per heavy atom. The molecule has 0 saturated heterocycles. The average Bonchev–Trinajstić information content (AvgIpc) is 3.87. The second-order valence-electron chi connectivity index (χ2n) is 16.4. The van der Waals surface area contributed by atoms with Crippen LogP contribution in [0.2, 0.25) is 0 Å². The molecule has 64 heavy (non-hydrogen) atoms. The zero-order valence-corrected chi connectivity index (χ0v) is 34.6. The van der Waals surface area contributed by atoms with E-state index in [9.17, 15) is 8.78 Å². The number of allylic oxidation sites excluding steroid dienone is 8. The summed E-state index contributed by atoms with van der Waals surface area (Å²) in [6, 6.07) is 56.3. The highest BCUT2D eigenvalue weighted by Crippen LogP contribution is 2.43. The maximum Gasteiger partial charge on any atom is 0.166 e. The molecule has 2 atom stereocenters.